The van der Waals surface area contributed by atoms with Gasteiger partial charge in [0.25, 0.3) is 0 Å². The Hall–Kier alpha value is -0.480. The van der Waals surface area contributed by atoms with Gasteiger partial charge < -0.3 is 10.6 Å². The number of piperidine rings is 1. The van der Waals surface area contributed by atoms with Crippen LogP contribution in [-0.4, -0.2) is 35.7 Å². The Bertz CT molecular complexity index is 228. The quantitative estimate of drug-likeness (QED) is 0.703. The number of likely N-dealkylation sites (tertiary alicyclic amines) is 1. The van der Waals surface area contributed by atoms with Gasteiger partial charge in [-0.05, 0) is 31.4 Å². The van der Waals surface area contributed by atoms with Crippen molar-refractivity contribution in [2.45, 2.75) is 25.3 Å². The van der Waals surface area contributed by atoms with E-state index in [1.807, 2.05) is 23.5 Å². The highest BCUT2D eigenvalue weighted by Gasteiger charge is 2.27. The Kier molecular flexibility index (Phi) is 4.01. The standard InChI is InChI=1S/C10H18N2OS/c1-10(11)4-6-12(7-5-10)9(13)3-8-14-2/h3,8H,4-7,11H2,1-2H3/b8-3+. The highest BCUT2D eigenvalue weighted by atomic mass is 32.2. The SMILES string of the molecule is CS/C=C/C(=O)N1CCC(C)(N)CC1. The molecule has 0 aromatic carbocycles. The molecule has 80 valence electrons. The summed E-state index contributed by atoms with van der Waals surface area (Å²) in [4.78, 5) is 13.4. The summed E-state index contributed by atoms with van der Waals surface area (Å²) >= 11 is 1.54. The topological polar surface area (TPSA) is 46.3 Å². The van der Waals surface area contributed by atoms with Gasteiger partial charge in [-0.2, -0.15) is 0 Å². The molecule has 0 aromatic rings. The summed E-state index contributed by atoms with van der Waals surface area (Å²) in [5.74, 6) is 0.106. The number of nitrogens with zero attached hydrogens (tertiary/aromatic N) is 1. The van der Waals surface area contributed by atoms with Gasteiger partial charge in [0.2, 0.25) is 5.91 Å². The maximum absolute atomic E-state index is 11.6. The van der Waals surface area contributed by atoms with Gasteiger partial charge in [0.05, 0.1) is 0 Å². The largest absolute Gasteiger partial charge is 0.339 e. The van der Waals surface area contributed by atoms with E-state index in [1.165, 1.54) is 0 Å². The Morgan fingerprint density at radius 2 is 2.07 bits per heavy atom. The van der Waals surface area contributed by atoms with Crippen molar-refractivity contribution in [1.29, 1.82) is 0 Å². The van der Waals surface area contributed by atoms with Crippen molar-refractivity contribution in [1.82, 2.24) is 4.90 Å². The molecule has 1 saturated heterocycles. The second-order valence-corrected chi connectivity index (χ2v) is 4.76. The highest BCUT2D eigenvalue weighted by Crippen LogP contribution is 2.18. The third kappa shape index (κ3) is 3.35. The third-order valence-corrected chi connectivity index (χ3v) is 2.97. The van der Waals surface area contributed by atoms with Gasteiger partial charge in [0.15, 0.2) is 0 Å². The number of carbonyl (C=O) groups is 1. The first-order valence-corrected chi connectivity index (χ1v) is 6.11. The number of amides is 1. The van der Waals surface area contributed by atoms with E-state index in [-0.39, 0.29) is 11.4 Å². The van der Waals surface area contributed by atoms with Crippen molar-refractivity contribution in [2.75, 3.05) is 19.3 Å². The Labute approximate surface area is 89.7 Å². The van der Waals surface area contributed by atoms with Crippen LogP contribution in [0.5, 0.6) is 0 Å². The van der Waals surface area contributed by atoms with E-state index in [0.717, 1.165) is 25.9 Å². The Morgan fingerprint density at radius 1 is 1.50 bits per heavy atom. The summed E-state index contributed by atoms with van der Waals surface area (Å²) in [6.07, 6.45) is 5.36. The first-order valence-electron chi connectivity index (χ1n) is 4.82. The van der Waals surface area contributed by atoms with Crippen molar-refractivity contribution in [3.63, 3.8) is 0 Å². The van der Waals surface area contributed by atoms with E-state index in [4.69, 9.17) is 5.73 Å². The zero-order valence-corrected chi connectivity index (χ0v) is 9.64. The Balaban J connectivity index is 2.42. The summed E-state index contributed by atoms with van der Waals surface area (Å²) in [6.45, 7) is 3.61. The molecule has 1 aliphatic heterocycles. The predicted octanol–water partition coefficient (Wildman–Crippen LogP) is 1.20. The van der Waals surface area contributed by atoms with Crippen LogP contribution in [0.25, 0.3) is 0 Å². The van der Waals surface area contributed by atoms with Crippen molar-refractivity contribution in [2.24, 2.45) is 5.73 Å². The molecule has 1 fully saturated rings. The Morgan fingerprint density at radius 3 is 2.57 bits per heavy atom. The van der Waals surface area contributed by atoms with Crippen molar-refractivity contribution in [3.05, 3.63) is 11.5 Å². The maximum atomic E-state index is 11.6. The fourth-order valence-electron chi connectivity index (χ4n) is 1.47. The molecular weight excluding hydrogens is 196 g/mol. The van der Waals surface area contributed by atoms with E-state index in [2.05, 4.69) is 0 Å². The summed E-state index contributed by atoms with van der Waals surface area (Å²) in [6, 6.07) is 0. The fraction of sp³-hybridized carbons (Fsp3) is 0.700. The summed E-state index contributed by atoms with van der Waals surface area (Å²) < 4.78 is 0. The van der Waals surface area contributed by atoms with E-state index >= 15 is 0 Å². The van der Waals surface area contributed by atoms with Crippen LogP contribution in [0.15, 0.2) is 11.5 Å². The zero-order valence-electron chi connectivity index (χ0n) is 8.82. The molecule has 14 heavy (non-hydrogen) atoms. The first-order chi connectivity index (χ1) is 6.55. The van der Waals surface area contributed by atoms with E-state index in [0.29, 0.717) is 0 Å². The van der Waals surface area contributed by atoms with Crippen molar-refractivity contribution >= 4 is 17.7 Å². The number of rotatable bonds is 2. The minimum atomic E-state index is -0.0833. The minimum Gasteiger partial charge on any atom is -0.339 e. The molecule has 4 heteroatoms. The molecular formula is C10H18N2OS. The molecule has 0 radical (unpaired) electrons. The number of hydrogen-bond acceptors (Lipinski definition) is 3. The van der Waals surface area contributed by atoms with Gasteiger partial charge in [-0.1, -0.05) is 0 Å². The zero-order chi connectivity index (χ0) is 10.6. The van der Waals surface area contributed by atoms with E-state index < -0.39 is 0 Å². The molecule has 3 nitrogen and oxygen atoms in total. The van der Waals surface area contributed by atoms with Crippen LogP contribution in [0.4, 0.5) is 0 Å². The molecule has 0 aromatic heterocycles. The second kappa shape index (κ2) is 4.84. The third-order valence-electron chi connectivity index (χ3n) is 2.56. The number of nitrogens with two attached hydrogens (primary N) is 1. The smallest absolute Gasteiger partial charge is 0.247 e. The molecule has 0 aliphatic carbocycles. The molecule has 0 spiro atoms. The lowest BCUT2D eigenvalue weighted by Crippen LogP contribution is -2.49. The second-order valence-electron chi connectivity index (χ2n) is 4.02. The normalized spacial score (nSPS) is 21.5. The molecule has 1 heterocycles. The van der Waals surface area contributed by atoms with Crippen LogP contribution in [0.2, 0.25) is 0 Å². The average Bonchev–Trinajstić information content (AvgIpc) is 2.14. The molecule has 2 N–H and O–H groups in total. The van der Waals surface area contributed by atoms with Gasteiger partial charge in [0, 0.05) is 24.7 Å². The number of hydrogen-bond donors (Lipinski definition) is 1. The van der Waals surface area contributed by atoms with Gasteiger partial charge in [0.1, 0.15) is 0 Å². The minimum absolute atomic E-state index is 0.0833. The van der Waals surface area contributed by atoms with Gasteiger partial charge >= 0.3 is 0 Å². The lowest BCUT2D eigenvalue weighted by atomic mass is 9.91. The van der Waals surface area contributed by atoms with Gasteiger partial charge in [-0.25, -0.2) is 0 Å². The van der Waals surface area contributed by atoms with Crippen LogP contribution >= 0.6 is 11.8 Å². The molecule has 1 amide bonds. The lowest BCUT2D eigenvalue weighted by Gasteiger charge is -2.36. The van der Waals surface area contributed by atoms with E-state index in [9.17, 15) is 4.79 Å². The van der Waals surface area contributed by atoms with Crippen molar-refractivity contribution < 1.29 is 4.79 Å². The maximum Gasteiger partial charge on any atom is 0.247 e. The number of thioether (sulfide) groups is 1. The van der Waals surface area contributed by atoms with Gasteiger partial charge in [-0.15, -0.1) is 11.8 Å². The summed E-state index contributed by atoms with van der Waals surface area (Å²) in [7, 11) is 0. The molecule has 1 rings (SSSR count). The molecule has 0 unspecified atom stereocenters. The lowest BCUT2D eigenvalue weighted by molar-refractivity contribution is -0.127. The fourth-order valence-corrected chi connectivity index (χ4v) is 1.72. The van der Waals surface area contributed by atoms with Gasteiger partial charge in [-0.3, -0.25) is 4.79 Å². The summed E-state index contributed by atoms with van der Waals surface area (Å²) in [5, 5.41) is 1.82. The van der Waals surface area contributed by atoms with Crippen LogP contribution < -0.4 is 5.73 Å². The molecule has 0 atom stereocenters. The number of carbonyl (C=O) groups excluding carboxylic acids is 1. The molecule has 0 saturated carbocycles. The first kappa shape index (κ1) is 11.6. The molecule has 0 bridgehead atoms. The molecule has 1 aliphatic rings. The monoisotopic (exact) mass is 214 g/mol. The van der Waals surface area contributed by atoms with Crippen LogP contribution in [0, 0.1) is 0 Å². The highest BCUT2D eigenvalue weighted by molar-refractivity contribution is 8.01. The van der Waals surface area contributed by atoms with E-state index in [1.54, 1.807) is 17.8 Å². The average molecular weight is 214 g/mol. The summed E-state index contributed by atoms with van der Waals surface area (Å²) in [5.41, 5.74) is 5.90. The predicted molar refractivity (Wildman–Crippen MR) is 61.1 cm³/mol. The van der Waals surface area contributed by atoms with Crippen LogP contribution in [0.1, 0.15) is 19.8 Å². The van der Waals surface area contributed by atoms with Crippen LogP contribution in [-0.2, 0) is 4.79 Å². The van der Waals surface area contributed by atoms with Crippen molar-refractivity contribution in [3.8, 4) is 0 Å². The van der Waals surface area contributed by atoms with Crippen LogP contribution in [0.3, 0.4) is 0 Å².